The molecular weight excluding hydrogens is 350 g/mol. The Balaban J connectivity index is 1.44. The van der Waals surface area contributed by atoms with Crippen LogP contribution in [0.1, 0.15) is 27.2 Å². The van der Waals surface area contributed by atoms with Gasteiger partial charge in [-0.3, -0.25) is 9.89 Å². The molecule has 1 aromatic heterocycles. The van der Waals surface area contributed by atoms with Crippen molar-refractivity contribution in [3.63, 3.8) is 0 Å². The highest BCUT2D eigenvalue weighted by molar-refractivity contribution is 5.94. The van der Waals surface area contributed by atoms with Gasteiger partial charge in [0.15, 0.2) is 0 Å². The highest BCUT2D eigenvalue weighted by Crippen LogP contribution is 2.20. The van der Waals surface area contributed by atoms with Gasteiger partial charge in [-0.25, -0.2) is 0 Å². The number of aryl methyl sites for hydroxylation is 2. The highest BCUT2D eigenvalue weighted by atomic mass is 16.3. The summed E-state index contributed by atoms with van der Waals surface area (Å²) < 4.78 is 0. The lowest BCUT2D eigenvalue weighted by Gasteiger charge is -2.06. The van der Waals surface area contributed by atoms with Crippen molar-refractivity contribution in [2.24, 2.45) is 0 Å². The SMILES string of the molecule is O=C(NCc1ccc2[nH]nc(CCc3ccccc3)c2c1)c1ccc(O)cc1. The third-order valence-corrected chi connectivity index (χ3v) is 4.78. The second kappa shape index (κ2) is 7.96. The second-order valence-electron chi connectivity index (χ2n) is 6.77. The maximum absolute atomic E-state index is 12.3. The monoisotopic (exact) mass is 371 g/mol. The number of phenolic OH excluding ortho intramolecular Hbond substituents is 1. The third-order valence-electron chi connectivity index (χ3n) is 4.78. The summed E-state index contributed by atoms with van der Waals surface area (Å²) >= 11 is 0. The van der Waals surface area contributed by atoms with Crippen LogP contribution in [0.25, 0.3) is 10.9 Å². The Kier molecular flexibility index (Phi) is 5.06. The van der Waals surface area contributed by atoms with E-state index in [-0.39, 0.29) is 11.7 Å². The number of benzene rings is 3. The Hall–Kier alpha value is -3.60. The smallest absolute Gasteiger partial charge is 0.251 e. The number of aromatic hydroxyl groups is 1. The van der Waals surface area contributed by atoms with Gasteiger partial charge in [0.05, 0.1) is 11.2 Å². The summed E-state index contributed by atoms with van der Waals surface area (Å²) in [6.07, 6.45) is 1.79. The molecule has 0 spiro atoms. The molecule has 5 heteroatoms. The van der Waals surface area contributed by atoms with Crippen molar-refractivity contribution in [2.75, 3.05) is 0 Å². The van der Waals surface area contributed by atoms with E-state index in [1.165, 1.54) is 17.7 Å². The zero-order valence-corrected chi connectivity index (χ0v) is 15.4. The molecule has 0 aliphatic carbocycles. The van der Waals surface area contributed by atoms with Gasteiger partial charge in [-0.1, -0.05) is 36.4 Å². The molecule has 4 rings (SSSR count). The van der Waals surface area contributed by atoms with E-state index < -0.39 is 0 Å². The summed E-state index contributed by atoms with van der Waals surface area (Å²) in [5, 5.41) is 20.9. The first-order chi connectivity index (χ1) is 13.7. The van der Waals surface area contributed by atoms with Gasteiger partial charge >= 0.3 is 0 Å². The summed E-state index contributed by atoms with van der Waals surface area (Å²) in [6.45, 7) is 0.430. The van der Waals surface area contributed by atoms with Crippen molar-refractivity contribution in [2.45, 2.75) is 19.4 Å². The number of aromatic nitrogens is 2. The van der Waals surface area contributed by atoms with Gasteiger partial charge < -0.3 is 10.4 Å². The van der Waals surface area contributed by atoms with Crippen LogP contribution in [0, 0.1) is 0 Å². The van der Waals surface area contributed by atoms with Gasteiger partial charge in [-0.2, -0.15) is 5.10 Å². The van der Waals surface area contributed by atoms with Crippen LogP contribution in [0.15, 0.2) is 72.8 Å². The Morgan fingerprint density at radius 3 is 2.50 bits per heavy atom. The van der Waals surface area contributed by atoms with Gasteiger partial charge in [0.2, 0.25) is 0 Å². The number of hydrogen-bond donors (Lipinski definition) is 3. The van der Waals surface area contributed by atoms with E-state index in [1.54, 1.807) is 12.1 Å². The molecule has 0 bridgehead atoms. The minimum absolute atomic E-state index is 0.144. The Bertz CT molecular complexity index is 1090. The van der Waals surface area contributed by atoms with E-state index in [4.69, 9.17) is 0 Å². The van der Waals surface area contributed by atoms with Crippen LogP contribution in [0.2, 0.25) is 0 Å². The van der Waals surface area contributed by atoms with Crippen molar-refractivity contribution in [1.29, 1.82) is 0 Å². The maximum atomic E-state index is 12.3. The summed E-state index contributed by atoms with van der Waals surface area (Å²) in [7, 11) is 0. The number of carbonyl (C=O) groups is 1. The number of aromatic amines is 1. The summed E-state index contributed by atoms with van der Waals surface area (Å²) in [6, 6.07) is 22.6. The van der Waals surface area contributed by atoms with E-state index in [0.717, 1.165) is 35.0 Å². The second-order valence-corrected chi connectivity index (χ2v) is 6.77. The zero-order chi connectivity index (χ0) is 19.3. The normalized spacial score (nSPS) is 10.9. The number of nitrogens with zero attached hydrogens (tertiary/aromatic N) is 1. The average molecular weight is 371 g/mol. The lowest BCUT2D eigenvalue weighted by Crippen LogP contribution is -2.22. The first kappa shape index (κ1) is 17.8. The molecule has 0 saturated heterocycles. The van der Waals surface area contributed by atoms with E-state index in [2.05, 4.69) is 33.7 Å². The fraction of sp³-hybridized carbons (Fsp3) is 0.130. The zero-order valence-electron chi connectivity index (χ0n) is 15.4. The van der Waals surface area contributed by atoms with Crippen LogP contribution in [-0.2, 0) is 19.4 Å². The fourth-order valence-electron chi connectivity index (χ4n) is 3.22. The molecule has 3 N–H and O–H groups in total. The molecule has 4 aromatic rings. The molecule has 0 aliphatic rings. The number of rotatable bonds is 6. The van der Waals surface area contributed by atoms with Gasteiger partial charge in [0.25, 0.3) is 5.91 Å². The molecule has 140 valence electrons. The van der Waals surface area contributed by atoms with Crippen molar-refractivity contribution < 1.29 is 9.90 Å². The minimum atomic E-state index is -0.170. The summed E-state index contributed by atoms with van der Waals surface area (Å²) in [4.78, 5) is 12.3. The average Bonchev–Trinajstić information content (AvgIpc) is 3.14. The quantitative estimate of drug-likeness (QED) is 0.480. The Morgan fingerprint density at radius 2 is 1.71 bits per heavy atom. The Labute approximate surface area is 163 Å². The molecule has 0 unspecified atom stereocenters. The number of amides is 1. The summed E-state index contributed by atoms with van der Waals surface area (Å²) in [5.41, 5.74) is 4.85. The molecule has 1 heterocycles. The fourth-order valence-corrected chi connectivity index (χ4v) is 3.22. The molecule has 0 fully saturated rings. The van der Waals surface area contributed by atoms with Gasteiger partial charge in [-0.15, -0.1) is 0 Å². The van der Waals surface area contributed by atoms with E-state index in [0.29, 0.717) is 12.1 Å². The first-order valence-corrected chi connectivity index (χ1v) is 9.26. The van der Waals surface area contributed by atoms with Crippen molar-refractivity contribution in [3.05, 3.63) is 95.2 Å². The largest absolute Gasteiger partial charge is 0.508 e. The molecule has 28 heavy (non-hydrogen) atoms. The first-order valence-electron chi connectivity index (χ1n) is 9.26. The van der Waals surface area contributed by atoms with Crippen molar-refractivity contribution in [3.8, 4) is 5.75 Å². The van der Waals surface area contributed by atoms with Crippen LogP contribution < -0.4 is 5.32 Å². The lowest BCUT2D eigenvalue weighted by atomic mass is 10.0. The number of nitrogens with one attached hydrogen (secondary N) is 2. The van der Waals surface area contributed by atoms with Crippen LogP contribution in [-0.4, -0.2) is 21.2 Å². The predicted molar refractivity (Wildman–Crippen MR) is 109 cm³/mol. The number of fused-ring (bicyclic) bond motifs is 1. The van der Waals surface area contributed by atoms with Gasteiger partial charge in [-0.05, 0) is 60.4 Å². The number of carbonyl (C=O) groups excluding carboxylic acids is 1. The predicted octanol–water partition coefficient (Wildman–Crippen LogP) is 3.98. The standard InChI is InChI=1S/C23H21N3O2/c27-19-10-8-18(9-11-19)23(28)24-15-17-7-13-22-20(14-17)21(25-26-22)12-6-16-4-2-1-3-5-16/h1-5,7-11,13-14,27H,6,12,15H2,(H,24,28)(H,25,26). The van der Waals surface area contributed by atoms with Crippen molar-refractivity contribution >= 4 is 16.8 Å². The van der Waals surface area contributed by atoms with Crippen molar-refractivity contribution in [1.82, 2.24) is 15.5 Å². The molecule has 0 atom stereocenters. The molecule has 5 nitrogen and oxygen atoms in total. The molecule has 0 saturated carbocycles. The van der Waals surface area contributed by atoms with Crippen LogP contribution in [0.4, 0.5) is 0 Å². The molecule has 1 amide bonds. The summed E-state index contributed by atoms with van der Waals surface area (Å²) in [5.74, 6) is -0.0263. The van der Waals surface area contributed by atoms with Gasteiger partial charge in [0.1, 0.15) is 5.75 Å². The molecule has 0 radical (unpaired) electrons. The van der Waals surface area contributed by atoms with Crippen LogP contribution in [0.3, 0.4) is 0 Å². The van der Waals surface area contributed by atoms with E-state index >= 15 is 0 Å². The number of hydrogen-bond acceptors (Lipinski definition) is 3. The topological polar surface area (TPSA) is 78.0 Å². The minimum Gasteiger partial charge on any atom is -0.508 e. The van der Waals surface area contributed by atoms with Crippen LogP contribution in [0.5, 0.6) is 5.75 Å². The molecular formula is C23H21N3O2. The third kappa shape index (κ3) is 4.04. The van der Waals surface area contributed by atoms with Crippen LogP contribution >= 0.6 is 0 Å². The molecule has 0 aliphatic heterocycles. The highest BCUT2D eigenvalue weighted by Gasteiger charge is 2.09. The maximum Gasteiger partial charge on any atom is 0.251 e. The van der Waals surface area contributed by atoms with E-state index in [9.17, 15) is 9.90 Å². The van der Waals surface area contributed by atoms with Gasteiger partial charge in [0, 0.05) is 17.5 Å². The Morgan fingerprint density at radius 1 is 0.929 bits per heavy atom. The number of H-pyrrole nitrogens is 1. The lowest BCUT2D eigenvalue weighted by molar-refractivity contribution is 0.0951. The van der Waals surface area contributed by atoms with E-state index in [1.807, 2.05) is 30.3 Å². The number of phenols is 1. The molecule has 3 aromatic carbocycles.